The second-order valence-electron chi connectivity index (χ2n) is 12.2. The zero-order chi connectivity index (χ0) is 25.3. The number of hydrogen-bond donors (Lipinski definition) is 0. The van der Waals surface area contributed by atoms with Crippen molar-refractivity contribution in [2.24, 2.45) is 27.9 Å². The Balaban J connectivity index is 0. The molecule has 1 aliphatic carbocycles. The molecule has 0 saturated heterocycles. The molecule has 0 aliphatic heterocycles. The summed E-state index contributed by atoms with van der Waals surface area (Å²) in [6, 6.07) is 0. The number of hydrogen-bond acceptors (Lipinski definition) is 1. The van der Waals surface area contributed by atoms with Crippen molar-refractivity contribution in [1.29, 1.82) is 0 Å². The zero-order valence-electron chi connectivity index (χ0n) is 24.4. The number of allylic oxidation sites excluding steroid dienone is 6. The standard InChI is InChI=1S/C23H44NP.C8H14.Ti/c1-20(2)12-9-17-25(18-10-13-21(3)4,19-11-14-22(5)6)24-23-15-7-8-16-23;1-5-6-7-8(2,3)4;/h7-8,15,20-22H,9-14,16-19H2,1-6H3;5-7H,1H2,2-4H3;. The largest absolute Gasteiger partial charge is 0.272 e. The van der Waals surface area contributed by atoms with E-state index in [4.69, 9.17) is 4.74 Å². The fourth-order valence-corrected chi connectivity index (χ4v) is 7.98. The van der Waals surface area contributed by atoms with E-state index < -0.39 is 7.05 Å². The van der Waals surface area contributed by atoms with Gasteiger partial charge in [-0.3, -0.25) is 4.74 Å². The smallest absolute Gasteiger partial charge is 0.0425 e. The van der Waals surface area contributed by atoms with Crippen LogP contribution in [-0.2, 0) is 21.7 Å². The van der Waals surface area contributed by atoms with Gasteiger partial charge in [-0.2, -0.15) is 0 Å². The molecule has 0 aromatic rings. The Morgan fingerprint density at radius 3 is 1.59 bits per heavy atom. The molecule has 0 aromatic carbocycles. The minimum absolute atomic E-state index is 0. The normalized spacial score (nSPS) is 13.8. The molecule has 0 radical (unpaired) electrons. The van der Waals surface area contributed by atoms with E-state index in [1.807, 2.05) is 6.08 Å². The summed E-state index contributed by atoms with van der Waals surface area (Å²) in [5, 5.41) is 0. The maximum atomic E-state index is 5.51. The Labute approximate surface area is 230 Å². The van der Waals surface area contributed by atoms with Crippen molar-refractivity contribution >= 4 is 7.05 Å². The number of nitrogens with zero attached hydrogens (tertiary/aromatic N) is 1. The predicted molar refractivity (Wildman–Crippen MR) is 157 cm³/mol. The van der Waals surface area contributed by atoms with Crippen LogP contribution >= 0.6 is 7.05 Å². The van der Waals surface area contributed by atoms with Crippen molar-refractivity contribution in [2.75, 3.05) is 18.5 Å². The van der Waals surface area contributed by atoms with Crippen molar-refractivity contribution in [1.82, 2.24) is 0 Å². The van der Waals surface area contributed by atoms with Crippen LogP contribution in [0.1, 0.15) is 107 Å². The van der Waals surface area contributed by atoms with Crippen LogP contribution in [0.3, 0.4) is 0 Å². The summed E-state index contributed by atoms with van der Waals surface area (Å²) in [5.74, 6) is 2.46. The van der Waals surface area contributed by atoms with Gasteiger partial charge in [0.2, 0.25) is 0 Å². The molecule has 196 valence electrons. The molecule has 1 nitrogen and oxygen atoms in total. The van der Waals surface area contributed by atoms with Gasteiger partial charge in [0.1, 0.15) is 0 Å². The maximum absolute atomic E-state index is 5.51. The molecular formula is C31H58NPTi. The van der Waals surface area contributed by atoms with E-state index in [0.29, 0.717) is 5.41 Å². The molecule has 0 fully saturated rings. The second kappa shape index (κ2) is 20.0. The van der Waals surface area contributed by atoms with Crippen LogP contribution in [0.15, 0.2) is 53.5 Å². The minimum Gasteiger partial charge on any atom is -0.272 e. The van der Waals surface area contributed by atoms with Crippen LogP contribution in [0.25, 0.3) is 0 Å². The Morgan fingerprint density at radius 1 is 0.882 bits per heavy atom. The fourth-order valence-electron chi connectivity index (χ4n) is 4.01. The van der Waals surface area contributed by atoms with Gasteiger partial charge < -0.3 is 0 Å². The molecule has 1 rings (SSSR count). The summed E-state index contributed by atoms with van der Waals surface area (Å²) in [4.78, 5) is 0. The quantitative estimate of drug-likeness (QED) is 0.122. The van der Waals surface area contributed by atoms with E-state index in [1.165, 1.54) is 62.7 Å². The van der Waals surface area contributed by atoms with Crippen molar-refractivity contribution < 1.29 is 21.7 Å². The molecular weight excluding hydrogens is 465 g/mol. The van der Waals surface area contributed by atoms with Gasteiger partial charge in [-0.15, -0.1) is 0 Å². The molecule has 0 N–H and O–H groups in total. The van der Waals surface area contributed by atoms with Crippen molar-refractivity contribution in [3.8, 4) is 0 Å². The van der Waals surface area contributed by atoms with E-state index in [2.05, 4.69) is 93.2 Å². The van der Waals surface area contributed by atoms with Gasteiger partial charge in [-0.1, -0.05) is 119 Å². The van der Waals surface area contributed by atoms with Gasteiger partial charge in [0.05, 0.1) is 0 Å². The number of rotatable bonds is 14. The third-order valence-electron chi connectivity index (χ3n) is 5.89. The summed E-state index contributed by atoms with van der Waals surface area (Å²) in [7, 11) is -1.20. The van der Waals surface area contributed by atoms with E-state index in [-0.39, 0.29) is 21.7 Å². The third kappa shape index (κ3) is 21.2. The fraction of sp³-hybridized carbons (Fsp3) is 0.742. The molecule has 0 aromatic heterocycles. The van der Waals surface area contributed by atoms with Gasteiger partial charge in [0.25, 0.3) is 0 Å². The predicted octanol–water partition coefficient (Wildman–Crippen LogP) is 11.1. The molecule has 0 heterocycles. The molecule has 0 amide bonds. The van der Waals surface area contributed by atoms with Gasteiger partial charge in [-0.05, 0) is 74.0 Å². The van der Waals surface area contributed by atoms with Crippen LogP contribution in [-0.4, -0.2) is 18.5 Å². The maximum Gasteiger partial charge on any atom is 0.0425 e. The minimum atomic E-state index is -1.20. The first-order valence-corrected chi connectivity index (χ1v) is 15.9. The molecule has 0 unspecified atom stereocenters. The monoisotopic (exact) mass is 523 g/mol. The molecule has 0 spiro atoms. The summed E-state index contributed by atoms with van der Waals surface area (Å²) in [6.07, 6.45) is 26.1. The SMILES string of the molecule is C=CC=CC(C)(C)C.CC(C)CCCP(CCCC(C)C)(CCCC(C)C)=NC1=CC=CC1.[Ti]. The van der Waals surface area contributed by atoms with Gasteiger partial charge in [0.15, 0.2) is 0 Å². The Bertz CT molecular complexity index is 617. The summed E-state index contributed by atoms with van der Waals surface area (Å²) >= 11 is 0. The van der Waals surface area contributed by atoms with Gasteiger partial charge in [-0.25, -0.2) is 0 Å². The van der Waals surface area contributed by atoms with E-state index >= 15 is 0 Å². The Kier molecular flexibility index (Phi) is 21.2. The first-order valence-electron chi connectivity index (χ1n) is 13.6. The van der Waals surface area contributed by atoms with Crippen molar-refractivity contribution in [2.45, 2.75) is 107 Å². The third-order valence-corrected chi connectivity index (χ3v) is 10.0. The van der Waals surface area contributed by atoms with Crippen LogP contribution in [0, 0.1) is 23.2 Å². The summed E-state index contributed by atoms with van der Waals surface area (Å²) < 4.78 is 5.51. The summed E-state index contributed by atoms with van der Waals surface area (Å²) in [5.41, 5.74) is 1.67. The zero-order valence-corrected chi connectivity index (χ0v) is 26.8. The topological polar surface area (TPSA) is 12.4 Å². The van der Waals surface area contributed by atoms with Gasteiger partial charge >= 0.3 is 0 Å². The van der Waals surface area contributed by atoms with E-state index in [1.54, 1.807) is 6.08 Å². The second-order valence-corrected chi connectivity index (χ2v) is 16.0. The first-order chi connectivity index (χ1) is 15.4. The van der Waals surface area contributed by atoms with Crippen LogP contribution in [0.4, 0.5) is 0 Å². The van der Waals surface area contributed by atoms with Gasteiger partial charge in [0, 0.05) is 33.8 Å². The molecule has 34 heavy (non-hydrogen) atoms. The molecule has 0 atom stereocenters. The van der Waals surface area contributed by atoms with Crippen molar-refractivity contribution in [3.05, 3.63) is 48.7 Å². The average molecular weight is 524 g/mol. The molecule has 3 heteroatoms. The van der Waals surface area contributed by atoms with Crippen LogP contribution in [0.5, 0.6) is 0 Å². The average Bonchev–Trinajstić information content (AvgIpc) is 3.18. The van der Waals surface area contributed by atoms with Crippen LogP contribution in [0.2, 0.25) is 0 Å². The van der Waals surface area contributed by atoms with E-state index in [0.717, 1.165) is 24.2 Å². The van der Waals surface area contributed by atoms with Crippen molar-refractivity contribution in [3.63, 3.8) is 0 Å². The molecule has 0 bridgehead atoms. The Morgan fingerprint density at radius 2 is 1.32 bits per heavy atom. The summed E-state index contributed by atoms with van der Waals surface area (Å²) in [6.45, 7) is 24.2. The molecule has 0 saturated carbocycles. The first kappa shape index (κ1) is 36.1. The Hall–Kier alpha value is -0.0957. The molecule has 1 aliphatic rings. The van der Waals surface area contributed by atoms with E-state index in [9.17, 15) is 0 Å². The van der Waals surface area contributed by atoms with Crippen LogP contribution < -0.4 is 0 Å².